The van der Waals surface area contributed by atoms with Crippen LogP contribution in [0, 0.1) is 17.5 Å². The van der Waals surface area contributed by atoms with Gasteiger partial charge in [0.25, 0.3) is 0 Å². The van der Waals surface area contributed by atoms with E-state index in [0.29, 0.717) is 5.56 Å². The van der Waals surface area contributed by atoms with Crippen molar-refractivity contribution >= 4 is 0 Å². The van der Waals surface area contributed by atoms with Gasteiger partial charge in [0.2, 0.25) is 0 Å². The summed E-state index contributed by atoms with van der Waals surface area (Å²) in [6, 6.07) is 6.78. The fourth-order valence-electron chi connectivity index (χ4n) is 1.83. The van der Waals surface area contributed by atoms with E-state index < -0.39 is 23.6 Å². The second-order valence-corrected chi connectivity index (χ2v) is 4.42. The summed E-state index contributed by atoms with van der Waals surface area (Å²) in [5, 5.41) is 9.55. The summed E-state index contributed by atoms with van der Waals surface area (Å²) in [6.45, 7) is 1.39. The minimum Gasteiger partial charge on any atom is -0.489 e. The Kier molecular flexibility index (Phi) is 4.29. The Morgan fingerprint density at radius 2 is 1.65 bits per heavy atom. The predicted molar refractivity (Wildman–Crippen MR) is 67.7 cm³/mol. The van der Waals surface area contributed by atoms with Gasteiger partial charge in [0.1, 0.15) is 29.8 Å². The van der Waals surface area contributed by atoms with E-state index in [-0.39, 0.29) is 17.9 Å². The first-order valence-corrected chi connectivity index (χ1v) is 6.01. The maximum atomic E-state index is 13.1. The molecule has 0 aliphatic heterocycles. The molecule has 2 nitrogen and oxygen atoms in total. The SMILES string of the molecule is C[C@H](O)c1cc(F)ccc1OCc1cc(F)cc(F)c1. The van der Waals surface area contributed by atoms with Gasteiger partial charge in [-0.3, -0.25) is 0 Å². The second-order valence-electron chi connectivity index (χ2n) is 4.42. The zero-order valence-corrected chi connectivity index (χ0v) is 10.7. The van der Waals surface area contributed by atoms with Crippen LogP contribution in [0.5, 0.6) is 5.75 Å². The molecule has 106 valence electrons. The third-order valence-electron chi connectivity index (χ3n) is 2.74. The first kappa shape index (κ1) is 14.4. The molecule has 2 rings (SSSR count). The van der Waals surface area contributed by atoms with Crippen LogP contribution in [-0.2, 0) is 6.61 Å². The average molecular weight is 282 g/mol. The standard InChI is InChI=1S/C15H13F3O2/c1-9(19)14-7-11(16)2-3-15(14)20-8-10-4-12(17)6-13(18)5-10/h2-7,9,19H,8H2,1H3/t9-/m0/s1. The molecule has 2 aromatic carbocycles. The topological polar surface area (TPSA) is 29.5 Å². The van der Waals surface area contributed by atoms with Crippen LogP contribution in [0.25, 0.3) is 0 Å². The highest BCUT2D eigenvalue weighted by molar-refractivity contribution is 5.35. The van der Waals surface area contributed by atoms with Crippen molar-refractivity contribution in [3.63, 3.8) is 0 Å². The fourth-order valence-corrected chi connectivity index (χ4v) is 1.83. The van der Waals surface area contributed by atoms with Gasteiger partial charge in [0.15, 0.2) is 0 Å². The molecule has 0 heterocycles. The zero-order valence-electron chi connectivity index (χ0n) is 10.7. The fraction of sp³-hybridized carbons (Fsp3) is 0.200. The van der Waals surface area contributed by atoms with E-state index in [2.05, 4.69) is 0 Å². The van der Waals surface area contributed by atoms with Gasteiger partial charge in [-0.05, 0) is 42.8 Å². The molecular weight excluding hydrogens is 269 g/mol. The summed E-state index contributed by atoms with van der Waals surface area (Å²) in [4.78, 5) is 0. The summed E-state index contributed by atoms with van der Waals surface area (Å²) in [5.74, 6) is -1.62. The van der Waals surface area contributed by atoms with Crippen LogP contribution in [0.2, 0.25) is 0 Å². The number of aliphatic hydroxyl groups excluding tert-OH is 1. The minimum atomic E-state index is -0.912. The van der Waals surface area contributed by atoms with E-state index in [4.69, 9.17) is 4.74 Å². The van der Waals surface area contributed by atoms with Crippen molar-refractivity contribution in [2.24, 2.45) is 0 Å². The normalized spacial score (nSPS) is 12.2. The molecule has 0 fully saturated rings. The van der Waals surface area contributed by atoms with Crippen molar-refractivity contribution in [3.05, 3.63) is 65.0 Å². The molecule has 0 radical (unpaired) electrons. The number of aliphatic hydroxyl groups is 1. The first-order chi connectivity index (χ1) is 9.45. The Morgan fingerprint density at radius 1 is 1.00 bits per heavy atom. The molecule has 0 bridgehead atoms. The van der Waals surface area contributed by atoms with Crippen LogP contribution in [0.3, 0.4) is 0 Å². The van der Waals surface area contributed by atoms with E-state index >= 15 is 0 Å². The smallest absolute Gasteiger partial charge is 0.126 e. The number of benzene rings is 2. The molecule has 0 amide bonds. The van der Waals surface area contributed by atoms with Gasteiger partial charge in [0, 0.05) is 11.6 Å². The van der Waals surface area contributed by atoms with Gasteiger partial charge in [-0.2, -0.15) is 0 Å². The molecule has 0 spiro atoms. The summed E-state index contributed by atoms with van der Waals surface area (Å²) in [5.41, 5.74) is 0.588. The summed E-state index contributed by atoms with van der Waals surface area (Å²) >= 11 is 0. The van der Waals surface area contributed by atoms with E-state index in [0.717, 1.165) is 24.3 Å². The number of hydrogen-bond donors (Lipinski definition) is 1. The van der Waals surface area contributed by atoms with Gasteiger partial charge in [0.05, 0.1) is 6.10 Å². The van der Waals surface area contributed by atoms with E-state index in [9.17, 15) is 18.3 Å². The molecular formula is C15H13F3O2. The van der Waals surface area contributed by atoms with Crippen molar-refractivity contribution in [2.75, 3.05) is 0 Å². The summed E-state index contributed by atoms with van der Waals surface area (Å²) in [7, 11) is 0. The van der Waals surface area contributed by atoms with E-state index in [1.165, 1.54) is 19.1 Å². The van der Waals surface area contributed by atoms with Crippen molar-refractivity contribution in [1.29, 1.82) is 0 Å². The van der Waals surface area contributed by atoms with Crippen LogP contribution < -0.4 is 4.74 Å². The second kappa shape index (κ2) is 5.96. The molecule has 0 aliphatic carbocycles. The van der Waals surface area contributed by atoms with Gasteiger partial charge in [-0.25, -0.2) is 13.2 Å². The molecule has 0 aliphatic rings. The van der Waals surface area contributed by atoms with Gasteiger partial charge < -0.3 is 9.84 Å². The number of hydrogen-bond acceptors (Lipinski definition) is 2. The monoisotopic (exact) mass is 282 g/mol. The Morgan fingerprint density at radius 3 is 2.25 bits per heavy atom. The quantitative estimate of drug-likeness (QED) is 0.925. The summed E-state index contributed by atoms with van der Waals surface area (Å²) < 4.78 is 44.6. The van der Waals surface area contributed by atoms with Crippen LogP contribution in [0.15, 0.2) is 36.4 Å². The molecule has 0 aromatic heterocycles. The van der Waals surface area contributed by atoms with Crippen LogP contribution in [-0.4, -0.2) is 5.11 Å². The highest BCUT2D eigenvalue weighted by Gasteiger charge is 2.11. The predicted octanol–water partition coefficient (Wildman–Crippen LogP) is 3.74. The molecule has 2 aromatic rings. The van der Waals surface area contributed by atoms with Crippen LogP contribution >= 0.6 is 0 Å². The Hall–Kier alpha value is -2.01. The first-order valence-electron chi connectivity index (χ1n) is 6.01. The van der Waals surface area contributed by atoms with E-state index in [1.807, 2.05) is 0 Å². The molecule has 0 saturated carbocycles. The van der Waals surface area contributed by atoms with Crippen molar-refractivity contribution in [2.45, 2.75) is 19.6 Å². The van der Waals surface area contributed by atoms with Crippen molar-refractivity contribution < 1.29 is 23.0 Å². The maximum Gasteiger partial charge on any atom is 0.126 e. The average Bonchev–Trinajstić information content (AvgIpc) is 2.36. The largest absolute Gasteiger partial charge is 0.489 e. The molecule has 20 heavy (non-hydrogen) atoms. The highest BCUT2D eigenvalue weighted by atomic mass is 19.1. The molecule has 1 atom stereocenters. The maximum absolute atomic E-state index is 13.1. The molecule has 0 saturated heterocycles. The minimum absolute atomic E-state index is 0.0833. The third kappa shape index (κ3) is 3.51. The van der Waals surface area contributed by atoms with Gasteiger partial charge >= 0.3 is 0 Å². The molecule has 1 N–H and O–H groups in total. The van der Waals surface area contributed by atoms with Crippen LogP contribution in [0.4, 0.5) is 13.2 Å². The lowest BCUT2D eigenvalue weighted by Gasteiger charge is -2.13. The summed E-state index contributed by atoms with van der Waals surface area (Å²) in [6.07, 6.45) is -0.912. The van der Waals surface area contributed by atoms with Gasteiger partial charge in [-0.1, -0.05) is 0 Å². The van der Waals surface area contributed by atoms with Crippen molar-refractivity contribution in [1.82, 2.24) is 0 Å². The number of ether oxygens (including phenoxy) is 1. The molecule has 0 unspecified atom stereocenters. The Labute approximate surface area is 114 Å². The number of rotatable bonds is 4. The lowest BCUT2D eigenvalue weighted by Crippen LogP contribution is -2.02. The van der Waals surface area contributed by atoms with Crippen LogP contribution in [0.1, 0.15) is 24.2 Å². The third-order valence-corrected chi connectivity index (χ3v) is 2.74. The highest BCUT2D eigenvalue weighted by Crippen LogP contribution is 2.26. The number of halogens is 3. The zero-order chi connectivity index (χ0) is 14.7. The van der Waals surface area contributed by atoms with Crippen molar-refractivity contribution in [3.8, 4) is 5.75 Å². The Balaban J connectivity index is 2.18. The lowest BCUT2D eigenvalue weighted by molar-refractivity contribution is 0.189. The van der Waals surface area contributed by atoms with E-state index in [1.54, 1.807) is 0 Å². The lowest BCUT2D eigenvalue weighted by atomic mass is 10.1. The molecule has 5 heteroatoms. The Bertz CT molecular complexity index is 592. The van der Waals surface area contributed by atoms with Gasteiger partial charge in [-0.15, -0.1) is 0 Å².